The first-order chi connectivity index (χ1) is 10.1. The predicted octanol–water partition coefficient (Wildman–Crippen LogP) is 1.20. The third-order valence-corrected chi connectivity index (χ3v) is 3.72. The van der Waals surface area contributed by atoms with E-state index in [1.807, 2.05) is 30.3 Å². The third kappa shape index (κ3) is 3.82. The van der Waals surface area contributed by atoms with Crippen molar-refractivity contribution in [1.82, 2.24) is 25.4 Å². The van der Waals surface area contributed by atoms with Crippen LogP contribution in [-0.2, 0) is 4.79 Å². The van der Waals surface area contributed by atoms with E-state index < -0.39 is 11.3 Å². The number of amides is 3. The van der Waals surface area contributed by atoms with Crippen molar-refractivity contribution >= 4 is 23.7 Å². The molecule has 1 aromatic carbocycles. The van der Waals surface area contributed by atoms with E-state index in [0.717, 1.165) is 5.69 Å². The summed E-state index contributed by atoms with van der Waals surface area (Å²) in [6.07, 6.45) is 1.58. The number of hydrogen-bond acceptors (Lipinski definition) is 5. The van der Waals surface area contributed by atoms with E-state index in [1.165, 1.54) is 18.8 Å². The van der Waals surface area contributed by atoms with Gasteiger partial charge in [0.1, 0.15) is 6.33 Å². The zero-order chi connectivity index (χ0) is 15.2. The zero-order valence-corrected chi connectivity index (χ0v) is 12.4. The molecule has 0 bridgehead atoms. The quantitative estimate of drug-likeness (QED) is 0.829. The van der Waals surface area contributed by atoms with Crippen LogP contribution in [0.5, 0.6) is 0 Å². The fourth-order valence-electron chi connectivity index (χ4n) is 1.56. The summed E-state index contributed by atoms with van der Waals surface area (Å²) in [6.45, 7) is 1.70. The zero-order valence-electron chi connectivity index (χ0n) is 11.6. The Morgan fingerprint density at radius 2 is 2.00 bits per heavy atom. The second-order valence-corrected chi connectivity index (χ2v) is 5.46. The predicted molar refractivity (Wildman–Crippen MR) is 79.3 cm³/mol. The van der Waals surface area contributed by atoms with E-state index in [1.54, 1.807) is 17.8 Å². The number of rotatable bonds is 4. The standard InChI is InChI=1S/C13H15N5O2S/c1-9(11(19)16-12(20)14-2)21-13-17-15-8-18(13)10-6-4-3-5-7-10/h3-9H,1-2H3,(H2,14,16,19,20). The van der Waals surface area contributed by atoms with Crippen LogP contribution in [0.1, 0.15) is 6.92 Å². The number of carbonyl (C=O) groups excluding carboxylic acids is 2. The minimum atomic E-state index is -0.531. The number of nitrogens with zero attached hydrogens (tertiary/aromatic N) is 3. The van der Waals surface area contributed by atoms with Gasteiger partial charge in [0.05, 0.1) is 5.25 Å². The molecule has 3 amide bonds. The molecular formula is C13H15N5O2S. The van der Waals surface area contributed by atoms with Gasteiger partial charge in [-0.05, 0) is 19.1 Å². The Hall–Kier alpha value is -2.35. The fourth-order valence-corrected chi connectivity index (χ4v) is 2.40. The number of thioether (sulfide) groups is 1. The molecule has 0 fully saturated rings. The molecule has 8 heteroatoms. The molecule has 0 aliphatic rings. The maximum atomic E-state index is 11.8. The average molecular weight is 305 g/mol. The highest BCUT2D eigenvalue weighted by Crippen LogP contribution is 2.23. The molecular weight excluding hydrogens is 290 g/mol. The normalized spacial score (nSPS) is 11.7. The molecule has 1 unspecified atom stereocenters. The summed E-state index contributed by atoms with van der Waals surface area (Å²) in [5, 5.41) is 12.6. The molecule has 0 radical (unpaired) electrons. The molecule has 0 aliphatic heterocycles. The third-order valence-electron chi connectivity index (χ3n) is 2.67. The number of nitrogens with one attached hydrogen (secondary N) is 2. The van der Waals surface area contributed by atoms with E-state index >= 15 is 0 Å². The summed E-state index contributed by atoms with van der Waals surface area (Å²) in [4.78, 5) is 23.0. The Kier molecular flexibility index (Phi) is 4.94. The Morgan fingerprint density at radius 1 is 1.29 bits per heavy atom. The molecule has 2 N–H and O–H groups in total. The lowest BCUT2D eigenvalue weighted by atomic mass is 10.3. The summed E-state index contributed by atoms with van der Waals surface area (Å²) in [5.41, 5.74) is 0.906. The molecule has 1 heterocycles. The van der Waals surface area contributed by atoms with Crippen molar-refractivity contribution in [2.75, 3.05) is 7.05 Å². The molecule has 0 aliphatic carbocycles. The van der Waals surface area contributed by atoms with Gasteiger partial charge in [-0.25, -0.2) is 4.79 Å². The van der Waals surface area contributed by atoms with E-state index in [0.29, 0.717) is 5.16 Å². The van der Waals surface area contributed by atoms with Gasteiger partial charge in [0.2, 0.25) is 5.91 Å². The van der Waals surface area contributed by atoms with Gasteiger partial charge in [0.25, 0.3) is 0 Å². The highest BCUT2D eigenvalue weighted by Gasteiger charge is 2.19. The number of para-hydroxylation sites is 1. The van der Waals surface area contributed by atoms with Crippen LogP contribution in [0.4, 0.5) is 4.79 Å². The topological polar surface area (TPSA) is 88.9 Å². The number of benzene rings is 1. The highest BCUT2D eigenvalue weighted by atomic mass is 32.2. The number of hydrogen-bond donors (Lipinski definition) is 2. The summed E-state index contributed by atoms with van der Waals surface area (Å²) < 4.78 is 1.79. The van der Waals surface area contributed by atoms with E-state index in [-0.39, 0.29) is 5.91 Å². The molecule has 0 saturated heterocycles. The van der Waals surface area contributed by atoms with Crippen LogP contribution >= 0.6 is 11.8 Å². The minimum Gasteiger partial charge on any atom is -0.341 e. The number of imide groups is 1. The second-order valence-electron chi connectivity index (χ2n) is 4.15. The second kappa shape index (κ2) is 6.89. The average Bonchev–Trinajstić information content (AvgIpc) is 2.96. The molecule has 2 rings (SSSR count). The summed E-state index contributed by atoms with van der Waals surface area (Å²) >= 11 is 1.23. The lowest BCUT2D eigenvalue weighted by Gasteiger charge is -2.11. The fraction of sp³-hybridized carbons (Fsp3) is 0.231. The number of carbonyl (C=O) groups is 2. The first kappa shape index (κ1) is 15.0. The van der Waals surface area contributed by atoms with Crippen molar-refractivity contribution in [3.63, 3.8) is 0 Å². The summed E-state index contributed by atoms with van der Waals surface area (Å²) in [6, 6.07) is 9.04. The van der Waals surface area contributed by atoms with Gasteiger partial charge in [-0.3, -0.25) is 14.7 Å². The van der Waals surface area contributed by atoms with Gasteiger partial charge >= 0.3 is 6.03 Å². The Labute approximate surface area is 126 Å². The molecule has 110 valence electrons. The summed E-state index contributed by atoms with van der Waals surface area (Å²) in [7, 11) is 1.45. The van der Waals surface area contributed by atoms with Gasteiger partial charge in [0, 0.05) is 12.7 Å². The SMILES string of the molecule is CNC(=O)NC(=O)C(C)Sc1nncn1-c1ccccc1. The van der Waals surface area contributed by atoms with E-state index in [9.17, 15) is 9.59 Å². The van der Waals surface area contributed by atoms with Gasteiger partial charge in [0.15, 0.2) is 5.16 Å². The van der Waals surface area contributed by atoms with Gasteiger partial charge < -0.3 is 5.32 Å². The largest absolute Gasteiger partial charge is 0.341 e. The van der Waals surface area contributed by atoms with Gasteiger partial charge in [-0.15, -0.1) is 10.2 Å². The highest BCUT2D eigenvalue weighted by molar-refractivity contribution is 8.00. The van der Waals surface area contributed by atoms with Crippen molar-refractivity contribution in [3.8, 4) is 5.69 Å². The van der Waals surface area contributed by atoms with Crippen LogP contribution < -0.4 is 10.6 Å². The molecule has 7 nitrogen and oxygen atoms in total. The van der Waals surface area contributed by atoms with Crippen LogP contribution in [0.25, 0.3) is 5.69 Å². The van der Waals surface area contributed by atoms with E-state index in [4.69, 9.17) is 0 Å². The Bertz CT molecular complexity index is 629. The monoisotopic (exact) mass is 305 g/mol. The summed E-state index contributed by atoms with van der Waals surface area (Å²) in [5.74, 6) is -0.387. The molecule has 2 aromatic rings. The van der Waals surface area contributed by atoms with Crippen molar-refractivity contribution in [3.05, 3.63) is 36.7 Å². The van der Waals surface area contributed by atoms with Gasteiger partial charge in [-0.2, -0.15) is 0 Å². The lowest BCUT2D eigenvalue weighted by molar-refractivity contribution is -0.119. The first-order valence-corrected chi connectivity index (χ1v) is 7.14. The van der Waals surface area contributed by atoms with Crippen LogP contribution in [0, 0.1) is 0 Å². The maximum Gasteiger partial charge on any atom is 0.321 e. The van der Waals surface area contributed by atoms with E-state index in [2.05, 4.69) is 20.8 Å². The number of urea groups is 1. The van der Waals surface area contributed by atoms with Crippen molar-refractivity contribution in [1.29, 1.82) is 0 Å². The number of aromatic nitrogens is 3. The Balaban J connectivity index is 2.09. The minimum absolute atomic E-state index is 0.387. The molecule has 1 aromatic heterocycles. The Morgan fingerprint density at radius 3 is 2.67 bits per heavy atom. The van der Waals surface area contributed by atoms with Crippen LogP contribution in [0.15, 0.2) is 41.8 Å². The maximum absolute atomic E-state index is 11.8. The lowest BCUT2D eigenvalue weighted by Crippen LogP contribution is -2.41. The first-order valence-electron chi connectivity index (χ1n) is 6.26. The molecule has 0 spiro atoms. The van der Waals surface area contributed by atoms with Crippen LogP contribution in [0.3, 0.4) is 0 Å². The molecule has 21 heavy (non-hydrogen) atoms. The van der Waals surface area contributed by atoms with Crippen LogP contribution in [-0.4, -0.2) is 39.0 Å². The van der Waals surface area contributed by atoms with Crippen molar-refractivity contribution in [2.24, 2.45) is 0 Å². The molecule has 1 atom stereocenters. The van der Waals surface area contributed by atoms with Crippen molar-refractivity contribution < 1.29 is 9.59 Å². The van der Waals surface area contributed by atoms with Crippen molar-refractivity contribution in [2.45, 2.75) is 17.3 Å². The van der Waals surface area contributed by atoms with Gasteiger partial charge in [-0.1, -0.05) is 30.0 Å². The molecule has 0 saturated carbocycles. The smallest absolute Gasteiger partial charge is 0.321 e. The van der Waals surface area contributed by atoms with Crippen LogP contribution in [0.2, 0.25) is 0 Å².